The standard InChI is InChI=1S/C19H18N4/c1-12-6-7-13(2)17(10-12)23-14(3)22(5)18-15(11-20)8-9-16(21-4)19(18)23/h6-10,14H,1-3,5H3/t14-/m0/s1. The van der Waals surface area contributed by atoms with Crippen molar-refractivity contribution in [2.45, 2.75) is 26.9 Å². The van der Waals surface area contributed by atoms with Crippen LogP contribution in [0.25, 0.3) is 4.85 Å². The fourth-order valence-corrected chi connectivity index (χ4v) is 3.19. The Morgan fingerprint density at radius 1 is 1.17 bits per heavy atom. The molecule has 0 unspecified atom stereocenters. The zero-order chi connectivity index (χ0) is 16.7. The van der Waals surface area contributed by atoms with Crippen molar-refractivity contribution in [2.75, 3.05) is 16.8 Å². The third kappa shape index (κ3) is 2.12. The van der Waals surface area contributed by atoms with E-state index in [4.69, 9.17) is 6.57 Å². The zero-order valence-corrected chi connectivity index (χ0v) is 13.8. The van der Waals surface area contributed by atoms with E-state index in [1.54, 1.807) is 12.1 Å². The molecule has 2 aromatic rings. The fourth-order valence-electron chi connectivity index (χ4n) is 3.19. The van der Waals surface area contributed by atoms with Gasteiger partial charge in [0.1, 0.15) is 12.2 Å². The maximum atomic E-state index is 9.45. The minimum atomic E-state index is 0.0421. The SMILES string of the molecule is [C-]#[N+]c1ccc(C#N)c2c1N(c1cc(C)ccc1C)[C@@H](C)N2C. The Morgan fingerprint density at radius 2 is 1.91 bits per heavy atom. The number of hydrogen-bond acceptors (Lipinski definition) is 3. The van der Waals surface area contributed by atoms with Crippen LogP contribution in [0.15, 0.2) is 30.3 Å². The van der Waals surface area contributed by atoms with Gasteiger partial charge >= 0.3 is 0 Å². The van der Waals surface area contributed by atoms with Gasteiger partial charge in [0.05, 0.1) is 23.5 Å². The molecule has 3 rings (SSSR count). The van der Waals surface area contributed by atoms with Gasteiger partial charge in [-0.3, -0.25) is 0 Å². The van der Waals surface area contributed by atoms with Gasteiger partial charge in [-0.1, -0.05) is 24.3 Å². The van der Waals surface area contributed by atoms with Crippen LogP contribution in [0.5, 0.6) is 0 Å². The normalized spacial score (nSPS) is 16.0. The Hall–Kier alpha value is -2.98. The molecular weight excluding hydrogens is 284 g/mol. The molecule has 1 aliphatic rings. The summed E-state index contributed by atoms with van der Waals surface area (Å²) in [5.74, 6) is 0. The van der Waals surface area contributed by atoms with Gasteiger partial charge < -0.3 is 9.80 Å². The maximum Gasteiger partial charge on any atom is 0.212 e. The van der Waals surface area contributed by atoms with Gasteiger partial charge in [0, 0.05) is 12.7 Å². The van der Waals surface area contributed by atoms with Crippen LogP contribution in [0.4, 0.5) is 22.7 Å². The van der Waals surface area contributed by atoms with E-state index in [0.29, 0.717) is 11.3 Å². The number of nitrogens with zero attached hydrogens (tertiary/aromatic N) is 4. The summed E-state index contributed by atoms with van der Waals surface area (Å²) >= 11 is 0. The smallest absolute Gasteiger partial charge is 0.212 e. The molecule has 1 aliphatic heterocycles. The minimum absolute atomic E-state index is 0.0421. The summed E-state index contributed by atoms with van der Waals surface area (Å²) < 4.78 is 0. The highest BCUT2D eigenvalue weighted by Gasteiger charge is 2.36. The second-order valence-electron chi connectivity index (χ2n) is 5.96. The van der Waals surface area contributed by atoms with E-state index in [1.807, 2.05) is 7.05 Å². The molecule has 1 heterocycles. The molecule has 4 heteroatoms. The Balaban J connectivity index is 2.34. The largest absolute Gasteiger partial charge is 0.353 e. The topological polar surface area (TPSA) is 34.6 Å². The van der Waals surface area contributed by atoms with E-state index < -0.39 is 0 Å². The number of nitriles is 1. The third-order valence-corrected chi connectivity index (χ3v) is 4.52. The average molecular weight is 302 g/mol. The van der Waals surface area contributed by atoms with Gasteiger partial charge in [-0.2, -0.15) is 5.26 Å². The Kier molecular flexibility index (Phi) is 3.47. The first-order valence-electron chi connectivity index (χ1n) is 7.53. The number of aryl methyl sites for hydroxylation is 2. The second kappa shape index (κ2) is 5.34. The molecule has 114 valence electrons. The van der Waals surface area contributed by atoms with Crippen LogP contribution in [0.1, 0.15) is 23.6 Å². The van der Waals surface area contributed by atoms with Crippen molar-refractivity contribution in [3.8, 4) is 6.07 Å². The molecule has 23 heavy (non-hydrogen) atoms. The van der Waals surface area contributed by atoms with Crippen molar-refractivity contribution in [2.24, 2.45) is 0 Å². The number of hydrogen-bond donors (Lipinski definition) is 0. The summed E-state index contributed by atoms with van der Waals surface area (Å²) in [6.07, 6.45) is 0.0421. The summed E-state index contributed by atoms with van der Waals surface area (Å²) in [5, 5.41) is 9.45. The first kappa shape index (κ1) is 14.9. The predicted molar refractivity (Wildman–Crippen MR) is 93.3 cm³/mol. The molecule has 0 saturated heterocycles. The Labute approximate surface area is 137 Å². The molecule has 0 spiro atoms. The molecule has 0 fully saturated rings. The molecule has 1 atom stereocenters. The van der Waals surface area contributed by atoms with E-state index in [1.165, 1.54) is 5.56 Å². The van der Waals surface area contributed by atoms with Crippen LogP contribution in [0.2, 0.25) is 0 Å². The summed E-state index contributed by atoms with van der Waals surface area (Å²) in [7, 11) is 1.98. The molecule has 0 amide bonds. The van der Waals surface area contributed by atoms with Gasteiger partial charge in [0.15, 0.2) is 0 Å². The molecule has 0 aromatic heterocycles. The van der Waals surface area contributed by atoms with Crippen LogP contribution in [0, 0.1) is 31.8 Å². The lowest BCUT2D eigenvalue weighted by Crippen LogP contribution is -2.36. The number of anilines is 3. The summed E-state index contributed by atoms with van der Waals surface area (Å²) in [6, 6.07) is 12.1. The first-order valence-corrected chi connectivity index (χ1v) is 7.53. The molecule has 0 saturated carbocycles. The quantitative estimate of drug-likeness (QED) is 0.719. The molecule has 0 radical (unpaired) electrons. The summed E-state index contributed by atoms with van der Waals surface area (Å²) in [5.41, 5.74) is 6.28. The van der Waals surface area contributed by atoms with Crippen LogP contribution in [0.3, 0.4) is 0 Å². The van der Waals surface area contributed by atoms with Crippen molar-refractivity contribution >= 4 is 22.7 Å². The van der Waals surface area contributed by atoms with Crippen molar-refractivity contribution < 1.29 is 0 Å². The van der Waals surface area contributed by atoms with Crippen molar-refractivity contribution in [3.05, 3.63) is 58.4 Å². The number of benzene rings is 2. The summed E-state index contributed by atoms with van der Waals surface area (Å²) in [6.45, 7) is 13.8. The second-order valence-corrected chi connectivity index (χ2v) is 5.96. The van der Waals surface area contributed by atoms with Gasteiger partial charge in [-0.25, -0.2) is 4.85 Å². The average Bonchev–Trinajstić information content (AvgIpc) is 2.81. The maximum absolute atomic E-state index is 9.45. The Morgan fingerprint density at radius 3 is 2.57 bits per heavy atom. The predicted octanol–water partition coefficient (Wildman–Crippen LogP) is 4.66. The van der Waals surface area contributed by atoms with Crippen molar-refractivity contribution in [3.63, 3.8) is 0 Å². The van der Waals surface area contributed by atoms with Gasteiger partial charge in [0.2, 0.25) is 5.69 Å². The third-order valence-electron chi connectivity index (χ3n) is 4.52. The molecule has 0 aliphatic carbocycles. The number of fused-ring (bicyclic) bond motifs is 1. The minimum Gasteiger partial charge on any atom is -0.353 e. The first-order chi connectivity index (χ1) is 11.0. The highest BCUT2D eigenvalue weighted by molar-refractivity contribution is 5.96. The van der Waals surface area contributed by atoms with Crippen LogP contribution in [-0.4, -0.2) is 13.2 Å². The lowest BCUT2D eigenvalue weighted by atomic mass is 10.1. The highest BCUT2D eigenvalue weighted by atomic mass is 15.4. The Bertz CT molecular complexity index is 870. The highest BCUT2D eigenvalue weighted by Crippen LogP contribution is 2.51. The molecule has 0 bridgehead atoms. The summed E-state index contributed by atoms with van der Waals surface area (Å²) in [4.78, 5) is 7.93. The van der Waals surface area contributed by atoms with Gasteiger partial charge in [-0.15, -0.1) is 0 Å². The van der Waals surface area contributed by atoms with E-state index in [0.717, 1.165) is 22.6 Å². The molecule has 4 nitrogen and oxygen atoms in total. The lowest BCUT2D eigenvalue weighted by molar-refractivity contribution is 0.732. The van der Waals surface area contributed by atoms with E-state index in [-0.39, 0.29) is 6.17 Å². The van der Waals surface area contributed by atoms with Crippen molar-refractivity contribution in [1.82, 2.24) is 0 Å². The van der Waals surface area contributed by atoms with Gasteiger partial charge in [-0.05, 0) is 38.0 Å². The molecular formula is C19H18N4. The van der Waals surface area contributed by atoms with Crippen LogP contribution in [-0.2, 0) is 0 Å². The monoisotopic (exact) mass is 302 g/mol. The zero-order valence-electron chi connectivity index (χ0n) is 13.8. The van der Waals surface area contributed by atoms with E-state index in [2.05, 4.69) is 59.7 Å². The lowest BCUT2D eigenvalue weighted by Gasteiger charge is -2.29. The van der Waals surface area contributed by atoms with Crippen LogP contribution >= 0.6 is 0 Å². The molecule has 0 N–H and O–H groups in total. The number of rotatable bonds is 1. The van der Waals surface area contributed by atoms with E-state index in [9.17, 15) is 5.26 Å². The van der Waals surface area contributed by atoms with Crippen LogP contribution < -0.4 is 9.80 Å². The van der Waals surface area contributed by atoms with E-state index >= 15 is 0 Å². The van der Waals surface area contributed by atoms with Crippen molar-refractivity contribution in [1.29, 1.82) is 5.26 Å². The fraction of sp³-hybridized carbons (Fsp3) is 0.263. The molecule has 2 aromatic carbocycles. The van der Waals surface area contributed by atoms with Gasteiger partial charge in [0.25, 0.3) is 0 Å².